The Labute approximate surface area is 113 Å². The summed E-state index contributed by atoms with van der Waals surface area (Å²) in [6, 6.07) is 7.20. The summed E-state index contributed by atoms with van der Waals surface area (Å²) in [5.74, 6) is -4.40. The van der Waals surface area contributed by atoms with Crippen molar-refractivity contribution >= 4 is 0 Å². The van der Waals surface area contributed by atoms with E-state index in [2.05, 4.69) is 6.58 Å². The minimum Gasteiger partial charge on any atom is -0.297 e. The minimum atomic E-state index is -4.76. The second-order valence-corrected chi connectivity index (χ2v) is 4.96. The SMILES string of the molecule is C=C1CCCC12OOC(c1ccccc1)(C(F)(F)F)O2. The molecule has 3 nitrogen and oxygen atoms in total. The van der Waals surface area contributed by atoms with Crippen molar-refractivity contribution in [3.8, 4) is 0 Å². The van der Waals surface area contributed by atoms with Crippen LogP contribution in [0.5, 0.6) is 0 Å². The van der Waals surface area contributed by atoms with Gasteiger partial charge in [0, 0.05) is 12.0 Å². The molecular formula is C14H13F3O3. The summed E-state index contributed by atoms with van der Waals surface area (Å²) in [7, 11) is 0. The molecule has 20 heavy (non-hydrogen) atoms. The first kappa shape index (κ1) is 13.6. The van der Waals surface area contributed by atoms with Gasteiger partial charge in [0.25, 0.3) is 0 Å². The lowest BCUT2D eigenvalue weighted by molar-refractivity contribution is -0.420. The van der Waals surface area contributed by atoms with E-state index in [1.807, 2.05) is 0 Å². The number of benzene rings is 1. The summed E-state index contributed by atoms with van der Waals surface area (Å²) in [5, 5.41) is 0. The monoisotopic (exact) mass is 286 g/mol. The lowest BCUT2D eigenvalue weighted by atomic mass is 10.0. The van der Waals surface area contributed by atoms with Crippen molar-refractivity contribution in [3.05, 3.63) is 48.0 Å². The fraction of sp³-hybridized carbons (Fsp3) is 0.429. The summed E-state index contributed by atoms with van der Waals surface area (Å²) in [4.78, 5) is 9.66. The van der Waals surface area contributed by atoms with Gasteiger partial charge in [0.1, 0.15) is 0 Å². The largest absolute Gasteiger partial charge is 0.451 e. The van der Waals surface area contributed by atoms with Gasteiger partial charge < -0.3 is 0 Å². The second kappa shape index (κ2) is 4.31. The number of rotatable bonds is 1. The van der Waals surface area contributed by atoms with Crippen LogP contribution in [0.3, 0.4) is 0 Å². The van der Waals surface area contributed by atoms with E-state index in [1.54, 1.807) is 6.07 Å². The van der Waals surface area contributed by atoms with Gasteiger partial charge >= 0.3 is 12.0 Å². The molecule has 1 aliphatic carbocycles. The van der Waals surface area contributed by atoms with Gasteiger partial charge in [-0.25, -0.2) is 0 Å². The first-order valence-electron chi connectivity index (χ1n) is 6.27. The van der Waals surface area contributed by atoms with Crippen LogP contribution < -0.4 is 0 Å². The maximum atomic E-state index is 13.5. The molecule has 0 radical (unpaired) electrons. The number of halogens is 3. The number of hydrogen-bond donors (Lipinski definition) is 0. The molecule has 0 N–H and O–H groups in total. The van der Waals surface area contributed by atoms with Crippen molar-refractivity contribution in [1.82, 2.24) is 0 Å². The van der Waals surface area contributed by atoms with Crippen LogP contribution in [0.1, 0.15) is 24.8 Å². The third-order valence-corrected chi connectivity index (χ3v) is 3.65. The fourth-order valence-electron chi connectivity index (χ4n) is 2.55. The Hall–Kier alpha value is -1.37. The highest BCUT2D eigenvalue weighted by Gasteiger charge is 2.69. The molecule has 1 aliphatic heterocycles. The third-order valence-electron chi connectivity index (χ3n) is 3.65. The highest BCUT2D eigenvalue weighted by Crippen LogP contribution is 2.55. The fourth-order valence-corrected chi connectivity index (χ4v) is 2.55. The molecule has 0 aromatic heterocycles. The van der Waals surface area contributed by atoms with Crippen molar-refractivity contribution in [1.29, 1.82) is 0 Å². The van der Waals surface area contributed by atoms with E-state index in [4.69, 9.17) is 14.5 Å². The average molecular weight is 286 g/mol. The van der Waals surface area contributed by atoms with Crippen molar-refractivity contribution in [2.24, 2.45) is 0 Å². The molecule has 0 bridgehead atoms. The molecule has 0 amide bonds. The predicted octanol–water partition coefficient (Wildman–Crippen LogP) is 3.82. The maximum Gasteiger partial charge on any atom is 0.451 e. The summed E-state index contributed by atoms with van der Waals surface area (Å²) >= 11 is 0. The highest BCUT2D eigenvalue weighted by atomic mass is 19.4. The predicted molar refractivity (Wildman–Crippen MR) is 63.2 cm³/mol. The lowest BCUT2D eigenvalue weighted by Gasteiger charge is -2.29. The Kier molecular flexibility index (Phi) is 2.93. The van der Waals surface area contributed by atoms with Crippen LogP contribution in [-0.2, 0) is 20.3 Å². The Morgan fingerprint density at radius 2 is 1.80 bits per heavy atom. The average Bonchev–Trinajstić information content (AvgIpc) is 2.97. The first-order valence-corrected chi connectivity index (χ1v) is 6.27. The van der Waals surface area contributed by atoms with Crippen molar-refractivity contribution in [2.75, 3.05) is 0 Å². The van der Waals surface area contributed by atoms with E-state index in [0.29, 0.717) is 24.8 Å². The quantitative estimate of drug-likeness (QED) is 0.580. The van der Waals surface area contributed by atoms with Crippen LogP contribution in [0.15, 0.2) is 42.5 Å². The molecule has 1 aromatic rings. The maximum absolute atomic E-state index is 13.5. The molecule has 1 saturated carbocycles. The van der Waals surface area contributed by atoms with E-state index in [9.17, 15) is 13.2 Å². The molecule has 2 aliphatic rings. The Bertz CT molecular complexity index is 528. The van der Waals surface area contributed by atoms with E-state index in [-0.39, 0.29) is 5.56 Å². The van der Waals surface area contributed by atoms with Crippen molar-refractivity contribution in [2.45, 2.75) is 37.0 Å². The molecule has 2 atom stereocenters. The van der Waals surface area contributed by atoms with Crippen LogP contribution in [0.2, 0.25) is 0 Å². The van der Waals surface area contributed by atoms with Gasteiger partial charge in [0.2, 0.25) is 5.79 Å². The Morgan fingerprint density at radius 1 is 1.10 bits per heavy atom. The topological polar surface area (TPSA) is 27.7 Å². The Balaban J connectivity index is 2.05. The van der Waals surface area contributed by atoms with Gasteiger partial charge in [-0.3, -0.25) is 4.74 Å². The van der Waals surface area contributed by atoms with E-state index < -0.39 is 17.8 Å². The number of hydrogen-bond acceptors (Lipinski definition) is 3. The Morgan fingerprint density at radius 3 is 2.35 bits per heavy atom. The van der Waals surface area contributed by atoms with Gasteiger partial charge in [-0.1, -0.05) is 36.9 Å². The molecule has 1 aromatic carbocycles. The number of alkyl halides is 3. The summed E-state index contributed by atoms with van der Waals surface area (Å²) in [6.07, 6.45) is -3.24. The zero-order chi connectivity index (χ0) is 14.4. The minimum absolute atomic E-state index is 0.149. The van der Waals surface area contributed by atoms with Crippen LogP contribution in [0, 0.1) is 0 Å². The summed E-state index contributed by atoms with van der Waals surface area (Å²) < 4.78 is 45.8. The van der Waals surface area contributed by atoms with Gasteiger partial charge in [-0.2, -0.15) is 22.9 Å². The van der Waals surface area contributed by atoms with Crippen LogP contribution in [-0.4, -0.2) is 12.0 Å². The van der Waals surface area contributed by atoms with Crippen LogP contribution >= 0.6 is 0 Å². The standard InChI is InChI=1S/C14H13F3O3/c1-10-6-5-9-12(10)18-13(20-19-12,14(15,16)17)11-7-3-2-4-8-11/h2-4,7-8H,1,5-6,9H2. The highest BCUT2D eigenvalue weighted by molar-refractivity contribution is 5.25. The van der Waals surface area contributed by atoms with Crippen LogP contribution in [0.4, 0.5) is 13.2 Å². The molecule has 3 rings (SSSR count). The third kappa shape index (κ3) is 1.79. The van der Waals surface area contributed by atoms with Crippen LogP contribution in [0.25, 0.3) is 0 Å². The van der Waals surface area contributed by atoms with Crippen molar-refractivity contribution in [3.63, 3.8) is 0 Å². The molecule has 108 valence electrons. The van der Waals surface area contributed by atoms with Gasteiger partial charge in [0.05, 0.1) is 0 Å². The van der Waals surface area contributed by atoms with Crippen molar-refractivity contribution < 1.29 is 27.7 Å². The number of ether oxygens (including phenoxy) is 1. The molecule has 2 unspecified atom stereocenters. The van der Waals surface area contributed by atoms with E-state index in [1.165, 1.54) is 24.3 Å². The summed E-state index contributed by atoms with van der Waals surface area (Å²) in [6.45, 7) is 3.73. The molecule has 2 fully saturated rings. The molecule has 6 heteroatoms. The zero-order valence-electron chi connectivity index (χ0n) is 10.6. The van der Waals surface area contributed by atoms with Gasteiger partial charge in [-0.05, 0) is 18.4 Å². The van der Waals surface area contributed by atoms with E-state index >= 15 is 0 Å². The lowest BCUT2D eigenvalue weighted by Crippen LogP contribution is -2.45. The molecule has 1 saturated heterocycles. The normalized spacial score (nSPS) is 34.0. The van der Waals surface area contributed by atoms with Gasteiger partial charge in [-0.15, -0.1) is 0 Å². The van der Waals surface area contributed by atoms with Gasteiger partial charge in [0.15, 0.2) is 0 Å². The molecule has 1 spiro atoms. The van der Waals surface area contributed by atoms with E-state index in [0.717, 1.165) is 0 Å². The smallest absolute Gasteiger partial charge is 0.297 e. The summed E-state index contributed by atoms with van der Waals surface area (Å²) in [5.41, 5.74) is 0.323. The molecular weight excluding hydrogens is 273 g/mol. The zero-order valence-corrected chi connectivity index (χ0v) is 10.6. The first-order chi connectivity index (χ1) is 9.40. The second-order valence-electron chi connectivity index (χ2n) is 4.96. The molecule has 1 heterocycles.